The monoisotopic (exact) mass is 286 g/mol. The van der Waals surface area contributed by atoms with E-state index < -0.39 is 0 Å². The van der Waals surface area contributed by atoms with E-state index in [9.17, 15) is 0 Å². The molecule has 1 unspecified atom stereocenters. The van der Waals surface area contributed by atoms with Gasteiger partial charge in [-0.3, -0.25) is 0 Å². The summed E-state index contributed by atoms with van der Waals surface area (Å²) in [7, 11) is 1.68. The van der Waals surface area contributed by atoms with Crippen molar-refractivity contribution in [3.05, 3.63) is 29.8 Å². The molecule has 16 heavy (non-hydrogen) atoms. The molecule has 1 aromatic rings. The Balaban J connectivity index is 2.60. The summed E-state index contributed by atoms with van der Waals surface area (Å²) in [5.41, 5.74) is 1.27. The molecule has 0 bridgehead atoms. The fourth-order valence-corrected chi connectivity index (χ4v) is 1.71. The minimum atomic E-state index is 0.607. The third-order valence-corrected chi connectivity index (χ3v) is 3.45. The molecule has 0 heterocycles. The molecule has 3 heteroatoms. The highest BCUT2D eigenvalue weighted by Gasteiger charge is 2.07. The van der Waals surface area contributed by atoms with E-state index >= 15 is 0 Å². The predicted molar refractivity (Wildman–Crippen MR) is 70.5 cm³/mol. The van der Waals surface area contributed by atoms with Crippen LogP contribution in [0, 0.1) is 5.92 Å². The highest BCUT2D eigenvalue weighted by molar-refractivity contribution is 9.09. The van der Waals surface area contributed by atoms with Gasteiger partial charge in [0, 0.05) is 12.4 Å². The second-order valence-corrected chi connectivity index (χ2v) is 4.56. The Labute approximate surface area is 106 Å². The molecule has 90 valence electrons. The molecular weight excluding hydrogens is 268 g/mol. The first-order valence-corrected chi connectivity index (χ1v) is 6.65. The van der Waals surface area contributed by atoms with Gasteiger partial charge in [0.2, 0.25) is 0 Å². The van der Waals surface area contributed by atoms with Gasteiger partial charge in [0.15, 0.2) is 0 Å². The molecule has 0 spiro atoms. The van der Waals surface area contributed by atoms with E-state index in [0.717, 1.165) is 17.5 Å². The Bertz CT molecular complexity index is 302. The van der Waals surface area contributed by atoms with Gasteiger partial charge >= 0.3 is 0 Å². The third kappa shape index (κ3) is 4.54. The highest BCUT2D eigenvalue weighted by Crippen LogP contribution is 2.21. The van der Waals surface area contributed by atoms with Gasteiger partial charge in [-0.2, -0.15) is 0 Å². The van der Waals surface area contributed by atoms with E-state index in [1.807, 2.05) is 12.1 Å². The standard InChI is InChI=1S/C13H19BrO2/c1-11(10-14)9-12-5-3-4-6-13(12)16-8-7-15-2/h3-6,11H,7-10H2,1-2H3. The van der Waals surface area contributed by atoms with Crippen molar-refractivity contribution in [1.29, 1.82) is 0 Å². The minimum Gasteiger partial charge on any atom is -0.491 e. The number of halogens is 1. The van der Waals surface area contributed by atoms with Crippen LogP contribution < -0.4 is 4.74 Å². The van der Waals surface area contributed by atoms with Crippen LogP contribution in [-0.4, -0.2) is 25.7 Å². The lowest BCUT2D eigenvalue weighted by Gasteiger charge is -2.13. The average Bonchev–Trinajstić information content (AvgIpc) is 2.31. The number of alkyl halides is 1. The predicted octanol–water partition coefficient (Wildman–Crippen LogP) is 3.29. The van der Waals surface area contributed by atoms with Gasteiger partial charge in [0.05, 0.1) is 6.61 Å². The number of rotatable bonds is 7. The second kappa shape index (κ2) is 7.69. The Morgan fingerprint density at radius 3 is 2.69 bits per heavy atom. The molecular formula is C13H19BrO2. The van der Waals surface area contributed by atoms with Crippen molar-refractivity contribution in [2.24, 2.45) is 5.92 Å². The van der Waals surface area contributed by atoms with E-state index in [1.165, 1.54) is 5.56 Å². The summed E-state index contributed by atoms with van der Waals surface area (Å²) in [5.74, 6) is 1.60. The summed E-state index contributed by atoms with van der Waals surface area (Å²) in [4.78, 5) is 0. The summed E-state index contributed by atoms with van der Waals surface area (Å²) in [6, 6.07) is 8.21. The molecule has 1 aromatic carbocycles. The van der Waals surface area contributed by atoms with Crippen LogP contribution in [0.15, 0.2) is 24.3 Å². The van der Waals surface area contributed by atoms with E-state index in [2.05, 4.69) is 35.0 Å². The zero-order chi connectivity index (χ0) is 11.8. The van der Waals surface area contributed by atoms with Crippen molar-refractivity contribution in [2.45, 2.75) is 13.3 Å². The topological polar surface area (TPSA) is 18.5 Å². The van der Waals surface area contributed by atoms with Crippen LogP contribution in [0.4, 0.5) is 0 Å². The molecule has 0 aliphatic carbocycles. The lowest BCUT2D eigenvalue weighted by atomic mass is 10.0. The summed E-state index contributed by atoms with van der Waals surface area (Å²) in [6.07, 6.45) is 1.04. The summed E-state index contributed by atoms with van der Waals surface area (Å²) in [5, 5.41) is 1.01. The summed E-state index contributed by atoms with van der Waals surface area (Å²) < 4.78 is 10.7. The van der Waals surface area contributed by atoms with Crippen LogP contribution in [-0.2, 0) is 11.2 Å². The van der Waals surface area contributed by atoms with Gasteiger partial charge < -0.3 is 9.47 Å². The molecule has 0 saturated carbocycles. The first-order chi connectivity index (χ1) is 7.77. The normalized spacial score (nSPS) is 12.4. The third-order valence-electron chi connectivity index (χ3n) is 2.35. The van der Waals surface area contributed by atoms with E-state index in [-0.39, 0.29) is 0 Å². The average molecular weight is 287 g/mol. The van der Waals surface area contributed by atoms with Crippen molar-refractivity contribution in [3.63, 3.8) is 0 Å². The van der Waals surface area contributed by atoms with Gasteiger partial charge in [0.1, 0.15) is 12.4 Å². The minimum absolute atomic E-state index is 0.607. The molecule has 0 aliphatic rings. The largest absolute Gasteiger partial charge is 0.491 e. The maximum atomic E-state index is 5.68. The number of para-hydroxylation sites is 1. The van der Waals surface area contributed by atoms with Crippen molar-refractivity contribution in [2.75, 3.05) is 25.7 Å². The van der Waals surface area contributed by atoms with E-state index in [1.54, 1.807) is 7.11 Å². The zero-order valence-corrected chi connectivity index (χ0v) is 11.5. The summed E-state index contributed by atoms with van der Waals surface area (Å²) >= 11 is 3.50. The van der Waals surface area contributed by atoms with Crippen LogP contribution in [0.2, 0.25) is 0 Å². The van der Waals surface area contributed by atoms with Crippen molar-refractivity contribution >= 4 is 15.9 Å². The molecule has 0 N–H and O–H groups in total. The maximum absolute atomic E-state index is 5.68. The number of benzene rings is 1. The summed E-state index contributed by atoms with van der Waals surface area (Å²) in [6.45, 7) is 3.46. The van der Waals surface area contributed by atoms with Gasteiger partial charge in [-0.25, -0.2) is 0 Å². The molecule has 2 nitrogen and oxygen atoms in total. The van der Waals surface area contributed by atoms with Crippen LogP contribution in [0.5, 0.6) is 5.75 Å². The van der Waals surface area contributed by atoms with Crippen LogP contribution in [0.25, 0.3) is 0 Å². The molecule has 1 atom stereocenters. The number of ether oxygens (including phenoxy) is 2. The number of hydrogen-bond donors (Lipinski definition) is 0. The molecule has 0 aromatic heterocycles. The van der Waals surface area contributed by atoms with Crippen LogP contribution in [0.3, 0.4) is 0 Å². The first-order valence-electron chi connectivity index (χ1n) is 5.53. The molecule has 1 rings (SSSR count). The molecule has 0 saturated heterocycles. The SMILES string of the molecule is COCCOc1ccccc1CC(C)CBr. The van der Waals surface area contributed by atoms with Gasteiger partial charge in [-0.15, -0.1) is 0 Å². The van der Waals surface area contributed by atoms with Crippen LogP contribution >= 0.6 is 15.9 Å². The number of methoxy groups -OCH3 is 1. The molecule has 0 aliphatic heterocycles. The Morgan fingerprint density at radius 2 is 2.00 bits per heavy atom. The first kappa shape index (κ1) is 13.5. The zero-order valence-electron chi connectivity index (χ0n) is 9.91. The lowest BCUT2D eigenvalue weighted by molar-refractivity contribution is 0.145. The molecule has 0 fully saturated rings. The smallest absolute Gasteiger partial charge is 0.122 e. The number of hydrogen-bond acceptors (Lipinski definition) is 2. The lowest BCUT2D eigenvalue weighted by Crippen LogP contribution is -2.08. The van der Waals surface area contributed by atoms with Gasteiger partial charge in [0.25, 0.3) is 0 Å². The van der Waals surface area contributed by atoms with Crippen molar-refractivity contribution in [1.82, 2.24) is 0 Å². The van der Waals surface area contributed by atoms with Crippen LogP contribution in [0.1, 0.15) is 12.5 Å². The van der Waals surface area contributed by atoms with Gasteiger partial charge in [-0.05, 0) is 24.0 Å². The van der Waals surface area contributed by atoms with Crippen molar-refractivity contribution < 1.29 is 9.47 Å². The molecule has 0 amide bonds. The van der Waals surface area contributed by atoms with E-state index in [4.69, 9.17) is 9.47 Å². The Morgan fingerprint density at radius 1 is 1.25 bits per heavy atom. The quantitative estimate of drug-likeness (QED) is 0.566. The molecule has 0 radical (unpaired) electrons. The van der Waals surface area contributed by atoms with E-state index in [0.29, 0.717) is 19.1 Å². The highest BCUT2D eigenvalue weighted by atomic mass is 79.9. The van der Waals surface area contributed by atoms with Gasteiger partial charge in [-0.1, -0.05) is 41.1 Å². The Kier molecular flexibility index (Phi) is 6.50. The van der Waals surface area contributed by atoms with Crippen molar-refractivity contribution in [3.8, 4) is 5.75 Å². The Hall–Kier alpha value is -0.540. The fourth-order valence-electron chi connectivity index (χ4n) is 1.48. The maximum Gasteiger partial charge on any atom is 0.122 e. The second-order valence-electron chi connectivity index (χ2n) is 3.91. The fraction of sp³-hybridized carbons (Fsp3) is 0.538.